The molecule has 2 saturated heterocycles. The first-order valence-corrected chi connectivity index (χ1v) is 11.2. The molecule has 4 fully saturated rings. The summed E-state index contributed by atoms with van der Waals surface area (Å²) >= 11 is 0. The van der Waals surface area contributed by atoms with Gasteiger partial charge in [-0.3, -0.25) is 4.99 Å². The zero-order valence-electron chi connectivity index (χ0n) is 17.2. The highest BCUT2D eigenvalue weighted by Crippen LogP contribution is 2.60. The quantitative estimate of drug-likeness (QED) is 0.353. The first kappa shape index (κ1) is 21.6. The summed E-state index contributed by atoms with van der Waals surface area (Å²) in [6.45, 7) is 9.90. The summed E-state index contributed by atoms with van der Waals surface area (Å²) in [7, 11) is 0. The lowest BCUT2D eigenvalue weighted by atomic mass is 9.54. The Labute approximate surface area is 182 Å². The second-order valence-corrected chi connectivity index (χ2v) is 8.89. The van der Waals surface area contributed by atoms with Crippen LogP contribution in [0.5, 0.6) is 0 Å². The Morgan fingerprint density at radius 3 is 2.52 bits per heavy atom. The summed E-state index contributed by atoms with van der Waals surface area (Å²) in [4.78, 5) is 7.40. The number of hydrogen-bond donors (Lipinski definition) is 2. The van der Waals surface area contributed by atoms with Gasteiger partial charge in [0.15, 0.2) is 5.96 Å². The molecule has 2 heterocycles. The van der Waals surface area contributed by atoms with Gasteiger partial charge in [-0.1, -0.05) is 19.8 Å². The first-order valence-electron chi connectivity index (χ1n) is 11.2. The molecule has 3 atom stereocenters. The lowest BCUT2D eigenvalue weighted by Gasteiger charge is -2.57. The zero-order valence-corrected chi connectivity index (χ0v) is 19.5. The van der Waals surface area contributed by atoms with E-state index in [1.807, 2.05) is 0 Å². The van der Waals surface area contributed by atoms with Crippen LogP contribution in [-0.2, 0) is 4.74 Å². The summed E-state index contributed by atoms with van der Waals surface area (Å²) in [6, 6.07) is 1.13. The molecule has 2 saturated carbocycles. The molecule has 0 amide bonds. The number of piperidine rings is 1. The van der Waals surface area contributed by atoms with Crippen LogP contribution < -0.4 is 10.6 Å². The van der Waals surface area contributed by atoms with Crippen molar-refractivity contribution in [1.29, 1.82) is 0 Å². The molecule has 6 heteroatoms. The predicted molar refractivity (Wildman–Crippen MR) is 122 cm³/mol. The van der Waals surface area contributed by atoms with Crippen LogP contribution in [0.2, 0.25) is 0 Å². The highest BCUT2D eigenvalue weighted by Gasteiger charge is 2.65. The standard InChI is InChI=1S/C21H38N4O.HI/c1-3-12-25-13-7-16(8-14-25)23-20(22-4-2)24-18-17-9-15-26-19(17)21(18)10-5-6-11-21;/h16-19H,3-15H2,1-2H3,(H2,22,23,24);1H. The van der Waals surface area contributed by atoms with Crippen LogP contribution in [-0.4, -0.2) is 61.8 Å². The van der Waals surface area contributed by atoms with E-state index >= 15 is 0 Å². The Balaban J connectivity index is 0.00000210. The average molecular weight is 490 g/mol. The van der Waals surface area contributed by atoms with E-state index in [4.69, 9.17) is 9.73 Å². The summed E-state index contributed by atoms with van der Waals surface area (Å²) in [5.41, 5.74) is 0.391. The number of ether oxygens (including phenoxy) is 1. The van der Waals surface area contributed by atoms with E-state index in [2.05, 4.69) is 29.4 Å². The van der Waals surface area contributed by atoms with Gasteiger partial charge in [0.25, 0.3) is 0 Å². The van der Waals surface area contributed by atoms with Gasteiger partial charge in [0, 0.05) is 49.7 Å². The van der Waals surface area contributed by atoms with Crippen molar-refractivity contribution in [3.8, 4) is 0 Å². The van der Waals surface area contributed by atoms with Crippen LogP contribution >= 0.6 is 24.0 Å². The highest BCUT2D eigenvalue weighted by atomic mass is 127. The number of fused-ring (bicyclic) bond motifs is 2. The minimum absolute atomic E-state index is 0. The van der Waals surface area contributed by atoms with Crippen molar-refractivity contribution in [2.24, 2.45) is 16.3 Å². The molecule has 3 unspecified atom stereocenters. The number of halogens is 1. The molecule has 2 N–H and O–H groups in total. The summed E-state index contributed by atoms with van der Waals surface area (Å²) in [5.74, 6) is 1.76. The molecule has 0 radical (unpaired) electrons. The van der Waals surface area contributed by atoms with Gasteiger partial charge in [-0.15, -0.1) is 24.0 Å². The number of nitrogens with one attached hydrogen (secondary N) is 2. The molecular weight excluding hydrogens is 451 g/mol. The van der Waals surface area contributed by atoms with Gasteiger partial charge >= 0.3 is 0 Å². The normalized spacial score (nSPS) is 33.4. The van der Waals surface area contributed by atoms with Crippen LogP contribution in [0.4, 0.5) is 0 Å². The van der Waals surface area contributed by atoms with Gasteiger partial charge in [0.2, 0.25) is 0 Å². The summed E-state index contributed by atoms with van der Waals surface area (Å²) < 4.78 is 6.14. The maximum Gasteiger partial charge on any atom is 0.191 e. The third kappa shape index (κ3) is 4.27. The van der Waals surface area contributed by atoms with E-state index in [1.54, 1.807) is 0 Å². The minimum Gasteiger partial charge on any atom is -0.377 e. The van der Waals surface area contributed by atoms with Crippen molar-refractivity contribution in [3.63, 3.8) is 0 Å². The van der Waals surface area contributed by atoms with Crippen LogP contribution in [0.25, 0.3) is 0 Å². The van der Waals surface area contributed by atoms with Gasteiger partial charge in [-0.05, 0) is 52.0 Å². The number of guanidine groups is 1. The van der Waals surface area contributed by atoms with E-state index in [0.29, 0.717) is 29.5 Å². The predicted octanol–water partition coefficient (Wildman–Crippen LogP) is 3.38. The monoisotopic (exact) mass is 490 g/mol. The maximum absolute atomic E-state index is 6.14. The van der Waals surface area contributed by atoms with E-state index in [-0.39, 0.29) is 24.0 Å². The number of likely N-dealkylation sites (tertiary alicyclic amines) is 1. The summed E-state index contributed by atoms with van der Waals surface area (Å²) in [6.07, 6.45) is 10.9. The summed E-state index contributed by atoms with van der Waals surface area (Å²) in [5, 5.41) is 7.66. The Hall–Kier alpha value is -0.0800. The SMILES string of the molecule is CCCN1CCC(NC(=NCC)NC2C3CCOC3C23CCCC3)CC1.I. The lowest BCUT2D eigenvalue weighted by molar-refractivity contribution is -0.125. The molecule has 2 aliphatic carbocycles. The van der Waals surface area contributed by atoms with Crippen molar-refractivity contribution in [1.82, 2.24) is 15.5 Å². The maximum atomic E-state index is 6.14. The van der Waals surface area contributed by atoms with Crippen molar-refractivity contribution >= 4 is 29.9 Å². The smallest absolute Gasteiger partial charge is 0.191 e. The van der Waals surface area contributed by atoms with Crippen molar-refractivity contribution < 1.29 is 4.74 Å². The fourth-order valence-electron chi connectivity index (χ4n) is 6.15. The molecular formula is C21H39IN4O. The lowest BCUT2D eigenvalue weighted by Crippen LogP contribution is -2.69. The Morgan fingerprint density at radius 2 is 1.85 bits per heavy atom. The largest absolute Gasteiger partial charge is 0.377 e. The van der Waals surface area contributed by atoms with E-state index in [9.17, 15) is 0 Å². The topological polar surface area (TPSA) is 48.9 Å². The first-order chi connectivity index (χ1) is 12.8. The van der Waals surface area contributed by atoms with Gasteiger partial charge in [0.05, 0.1) is 6.10 Å². The third-order valence-corrected chi connectivity index (χ3v) is 7.36. The molecule has 1 spiro atoms. The Kier molecular flexibility index (Phi) is 7.70. The molecule has 156 valence electrons. The van der Waals surface area contributed by atoms with E-state index < -0.39 is 0 Å². The number of rotatable bonds is 5. The molecule has 27 heavy (non-hydrogen) atoms. The molecule has 5 nitrogen and oxygen atoms in total. The fraction of sp³-hybridized carbons (Fsp3) is 0.952. The third-order valence-electron chi connectivity index (χ3n) is 7.36. The Morgan fingerprint density at radius 1 is 1.11 bits per heavy atom. The van der Waals surface area contributed by atoms with Crippen molar-refractivity contribution in [2.45, 2.75) is 83.4 Å². The number of nitrogens with zero attached hydrogens (tertiary/aromatic N) is 2. The van der Waals surface area contributed by atoms with Crippen LogP contribution in [0.15, 0.2) is 4.99 Å². The molecule has 0 aromatic rings. The van der Waals surface area contributed by atoms with Gasteiger partial charge in [-0.2, -0.15) is 0 Å². The van der Waals surface area contributed by atoms with Gasteiger partial charge in [0.1, 0.15) is 0 Å². The zero-order chi connectivity index (χ0) is 18.0. The minimum atomic E-state index is 0. The van der Waals surface area contributed by atoms with E-state index in [0.717, 1.165) is 19.1 Å². The van der Waals surface area contributed by atoms with Gasteiger partial charge in [-0.25, -0.2) is 0 Å². The molecule has 0 aromatic carbocycles. The molecule has 4 rings (SSSR count). The van der Waals surface area contributed by atoms with Gasteiger partial charge < -0.3 is 20.3 Å². The second-order valence-electron chi connectivity index (χ2n) is 8.89. The Bertz CT molecular complexity index is 500. The second kappa shape index (κ2) is 9.61. The van der Waals surface area contributed by atoms with E-state index in [1.165, 1.54) is 71.0 Å². The molecule has 0 aromatic heterocycles. The van der Waals surface area contributed by atoms with Crippen molar-refractivity contribution in [2.75, 3.05) is 32.8 Å². The van der Waals surface area contributed by atoms with Crippen LogP contribution in [0, 0.1) is 11.3 Å². The number of hydrogen-bond acceptors (Lipinski definition) is 3. The molecule has 4 aliphatic rings. The van der Waals surface area contributed by atoms with Crippen LogP contribution in [0.1, 0.15) is 65.2 Å². The molecule has 2 aliphatic heterocycles. The van der Waals surface area contributed by atoms with Crippen molar-refractivity contribution in [3.05, 3.63) is 0 Å². The molecule has 0 bridgehead atoms. The fourth-order valence-corrected chi connectivity index (χ4v) is 6.15. The number of aliphatic imine (C=N–C) groups is 1. The average Bonchev–Trinajstić information content (AvgIpc) is 3.30. The van der Waals surface area contributed by atoms with Crippen LogP contribution in [0.3, 0.4) is 0 Å². The highest BCUT2D eigenvalue weighted by molar-refractivity contribution is 14.0.